The maximum Gasteiger partial charge on any atom is 0.0238 e. The predicted octanol–water partition coefficient (Wildman–Crippen LogP) is 20.0. The highest BCUT2D eigenvalue weighted by atomic mass is 14.5. The molecule has 0 nitrogen and oxygen atoms in total. The molecule has 0 bridgehead atoms. The van der Waals surface area contributed by atoms with E-state index in [0.717, 1.165) is 19.3 Å². The van der Waals surface area contributed by atoms with Crippen LogP contribution in [0.15, 0.2) is 224 Å². The fraction of sp³-hybridized carbons (Fsp3) is 0.211. The standard InChI is InChI=1S/C32H32.C28H26.C7H8.C2H6.C2H2/c1-6-32(21(2)3)29-19-13-12-18-26(29)28-20-27(24-15-8-7-9-16-24)30(23(5)31(28)32)25-17-11-10-14-22(25)4;1-22(24-11-4-2-5-12-24)18-19-23-10-8-15-26(20-23)28-17-9-16-27(21-28)25-13-6-3-7-14-25;1-7-5-3-2-4-6-7;2*1-2/h7-21H,6H2,1-5H3;2-17,20-22H,18-19H2,1H3;2-6H,1H3;1-2H3;1-2H/t32-;;;;/m1..../s1. The molecule has 9 aromatic carbocycles. The van der Waals surface area contributed by atoms with Gasteiger partial charge in [-0.05, 0) is 153 Å². The molecule has 1 aliphatic carbocycles. The van der Waals surface area contributed by atoms with Crippen molar-refractivity contribution >= 4 is 0 Å². The van der Waals surface area contributed by atoms with Crippen molar-refractivity contribution in [3.63, 3.8) is 0 Å². The second kappa shape index (κ2) is 25.9. The van der Waals surface area contributed by atoms with E-state index in [-0.39, 0.29) is 5.41 Å². The van der Waals surface area contributed by atoms with E-state index in [0.29, 0.717) is 11.8 Å². The van der Waals surface area contributed by atoms with E-state index in [4.69, 9.17) is 0 Å². The summed E-state index contributed by atoms with van der Waals surface area (Å²) in [5.74, 6) is 1.09. The van der Waals surface area contributed by atoms with Gasteiger partial charge >= 0.3 is 0 Å². The van der Waals surface area contributed by atoms with Crippen molar-refractivity contribution in [2.45, 2.75) is 92.9 Å². The maximum atomic E-state index is 4.00. The lowest BCUT2D eigenvalue weighted by atomic mass is 9.66. The van der Waals surface area contributed by atoms with Crippen LogP contribution in [0.25, 0.3) is 55.6 Å². The Labute approximate surface area is 428 Å². The topological polar surface area (TPSA) is 0 Å². The van der Waals surface area contributed by atoms with Gasteiger partial charge in [0.1, 0.15) is 0 Å². The summed E-state index contributed by atoms with van der Waals surface area (Å²) in [5.41, 5.74) is 23.3. The monoisotopic (exact) mass is 927 g/mol. The Morgan fingerprint density at radius 2 is 0.915 bits per heavy atom. The lowest BCUT2D eigenvalue weighted by molar-refractivity contribution is 0.365. The summed E-state index contributed by atoms with van der Waals surface area (Å²) in [6.45, 7) is 20.2. The van der Waals surface area contributed by atoms with Gasteiger partial charge in [-0.15, -0.1) is 12.8 Å². The quantitative estimate of drug-likeness (QED) is 0.120. The normalized spacial score (nSPS) is 13.2. The summed E-state index contributed by atoms with van der Waals surface area (Å²) in [4.78, 5) is 0. The van der Waals surface area contributed by atoms with E-state index >= 15 is 0 Å². The van der Waals surface area contributed by atoms with Gasteiger partial charge in [-0.2, -0.15) is 0 Å². The first-order valence-electron chi connectivity index (χ1n) is 25.7. The SMILES string of the molecule is C#C.CC.CC(CCc1cccc(-c2cccc(-c3ccccc3)c2)c1)c1ccccc1.CC[C@@]1(C(C)C)c2ccccc2-c2cc(-c3ccccc3)c(-c3ccccc3C)c(C)c21.Cc1ccccc1. The Kier molecular flexibility index (Phi) is 19.3. The minimum absolute atomic E-state index is 0.0443. The summed E-state index contributed by atoms with van der Waals surface area (Å²) in [7, 11) is 0. The van der Waals surface area contributed by atoms with Crippen LogP contribution >= 0.6 is 0 Å². The van der Waals surface area contributed by atoms with Crippen LogP contribution in [-0.4, -0.2) is 0 Å². The van der Waals surface area contributed by atoms with E-state index in [1.165, 1.54) is 94.6 Å². The van der Waals surface area contributed by atoms with Crippen molar-refractivity contribution in [2.24, 2.45) is 5.92 Å². The Hall–Kier alpha value is -7.46. The molecule has 9 aromatic rings. The van der Waals surface area contributed by atoms with Crippen molar-refractivity contribution < 1.29 is 0 Å². The van der Waals surface area contributed by atoms with Gasteiger partial charge in [-0.3, -0.25) is 0 Å². The number of hydrogen-bond donors (Lipinski definition) is 0. The summed E-state index contributed by atoms with van der Waals surface area (Å²) in [5, 5.41) is 0. The van der Waals surface area contributed by atoms with Gasteiger partial charge in [0, 0.05) is 5.41 Å². The first-order valence-corrected chi connectivity index (χ1v) is 25.7. The molecule has 1 aliphatic rings. The number of aryl methyl sites for hydroxylation is 3. The second-order valence-corrected chi connectivity index (χ2v) is 18.7. The third kappa shape index (κ3) is 12.3. The number of fused-ring (bicyclic) bond motifs is 3. The van der Waals surface area contributed by atoms with Crippen LogP contribution in [0.1, 0.15) is 99.2 Å². The number of benzene rings is 9. The zero-order valence-electron chi connectivity index (χ0n) is 43.8. The zero-order valence-corrected chi connectivity index (χ0v) is 43.8. The minimum atomic E-state index is 0.0443. The lowest BCUT2D eigenvalue weighted by Crippen LogP contribution is -2.31. The molecule has 0 aromatic heterocycles. The van der Waals surface area contributed by atoms with Crippen LogP contribution in [0.2, 0.25) is 0 Å². The van der Waals surface area contributed by atoms with Crippen LogP contribution in [0.5, 0.6) is 0 Å². The van der Waals surface area contributed by atoms with Gasteiger partial charge < -0.3 is 0 Å². The highest BCUT2D eigenvalue weighted by molar-refractivity contribution is 5.95. The molecule has 0 spiro atoms. The molecule has 0 saturated heterocycles. The average Bonchev–Trinajstić information content (AvgIpc) is 3.74. The Morgan fingerprint density at radius 1 is 0.437 bits per heavy atom. The molecule has 0 saturated carbocycles. The minimum Gasteiger partial charge on any atom is -0.124 e. The molecule has 2 atom stereocenters. The van der Waals surface area contributed by atoms with Crippen LogP contribution < -0.4 is 0 Å². The van der Waals surface area contributed by atoms with Crippen molar-refractivity contribution in [1.29, 1.82) is 0 Å². The molecule has 10 rings (SSSR count). The second-order valence-electron chi connectivity index (χ2n) is 18.7. The third-order valence-corrected chi connectivity index (χ3v) is 14.2. The van der Waals surface area contributed by atoms with Crippen LogP contribution in [0, 0.1) is 39.5 Å². The van der Waals surface area contributed by atoms with Crippen molar-refractivity contribution in [3.05, 3.63) is 263 Å². The van der Waals surface area contributed by atoms with Gasteiger partial charge in [0.2, 0.25) is 0 Å². The first kappa shape index (κ1) is 52.9. The van der Waals surface area contributed by atoms with E-state index in [2.05, 4.69) is 268 Å². The largest absolute Gasteiger partial charge is 0.124 e. The predicted molar refractivity (Wildman–Crippen MR) is 311 cm³/mol. The lowest BCUT2D eigenvalue weighted by Gasteiger charge is -2.37. The Morgan fingerprint density at radius 3 is 1.48 bits per heavy atom. The van der Waals surface area contributed by atoms with Gasteiger partial charge in [-0.1, -0.05) is 259 Å². The van der Waals surface area contributed by atoms with Crippen LogP contribution in [-0.2, 0) is 11.8 Å². The summed E-state index contributed by atoms with van der Waals surface area (Å²) in [6, 6.07) is 80.8. The van der Waals surface area contributed by atoms with E-state index in [1.807, 2.05) is 32.0 Å². The number of terminal acetylenes is 1. The molecular weight excluding hydrogens is 853 g/mol. The van der Waals surface area contributed by atoms with Crippen molar-refractivity contribution in [3.8, 4) is 68.5 Å². The Bertz CT molecular complexity index is 3050. The smallest absolute Gasteiger partial charge is 0.0238 e. The van der Waals surface area contributed by atoms with Gasteiger partial charge in [0.05, 0.1) is 0 Å². The molecule has 0 fully saturated rings. The van der Waals surface area contributed by atoms with E-state index in [1.54, 1.807) is 0 Å². The van der Waals surface area contributed by atoms with Crippen molar-refractivity contribution in [2.75, 3.05) is 0 Å². The fourth-order valence-electron chi connectivity index (χ4n) is 10.5. The zero-order chi connectivity index (χ0) is 50.8. The van der Waals surface area contributed by atoms with Crippen LogP contribution in [0.3, 0.4) is 0 Å². The molecule has 1 unspecified atom stereocenters. The van der Waals surface area contributed by atoms with Gasteiger partial charge in [-0.25, -0.2) is 0 Å². The molecule has 0 aliphatic heterocycles. The van der Waals surface area contributed by atoms with Gasteiger partial charge in [0.25, 0.3) is 0 Å². The Balaban J connectivity index is 0.000000194. The molecule has 0 amide bonds. The molecular formula is C71H74. The maximum absolute atomic E-state index is 4.00. The van der Waals surface area contributed by atoms with Crippen molar-refractivity contribution in [1.82, 2.24) is 0 Å². The molecule has 0 heteroatoms. The first-order chi connectivity index (χ1) is 34.7. The molecule has 0 heterocycles. The summed E-state index contributed by atoms with van der Waals surface area (Å²) >= 11 is 0. The van der Waals surface area contributed by atoms with E-state index in [9.17, 15) is 0 Å². The molecule has 0 radical (unpaired) electrons. The average molecular weight is 927 g/mol. The van der Waals surface area contributed by atoms with Crippen LogP contribution in [0.4, 0.5) is 0 Å². The highest BCUT2D eigenvalue weighted by Gasteiger charge is 2.46. The highest BCUT2D eigenvalue weighted by Crippen LogP contribution is 2.58. The molecule has 0 N–H and O–H groups in total. The number of hydrogen-bond acceptors (Lipinski definition) is 0. The van der Waals surface area contributed by atoms with E-state index < -0.39 is 0 Å². The fourth-order valence-corrected chi connectivity index (χ4v) is 10.5. The summed E-state index contributed by atoms with van der Waals surface area (Å²) < 4.78 is 0. The summed E-state index contributed by atoms with van der Waals surface area (Å²) in [6.07, 6.45) is 11.4. The third-order valence-electron chi connectivity index (χ3n) is 14.2. The van der Waals surface area contributed by atoms with Gasteiger partial charge in [0.15, 0.2) is 0 Å². The number of rotatable bonds is 10. The molecule has 71 heavy (non-hydrogen) atoms. The molecule has 358 valence electrons.